The van der Waals surface area contributed by atoms with Gasteiger partial charge in [-0.1, -0.05) is 85.6 Å². The van der Waals surface area contributed by atoms with Crippen molar-refractivity contribution in [3.05, 3.63) is 132 Å². The molecule has 1 aromatic heterocycles. The number of alkyl halides is 2. The minimum absolute atomic E-state index is 0.0104. The van der Waals surface area contributed by atoms with Gasteiger partial charge in [0.2, 0.25) is 5.89 Å². The van der Waals surface area contributed by atoms with Gasteiger partial charge in [0, 0.05) is 75.6 Å². The van der Waals surface area contributed by atoms with Gasteiger partial charge < -0.3 is 10.2 Å². The SMILES string of the molecule is NCC(=O)c1ccc(CN(c2ccccc2)S(=O)(=O)N2CCN(C3CCC3)CC2)cc1.O=S(=O)(N1CCN(C2CCC2)CC1)N(Cc1ccc(-c2nnc(C(F)F)o2)cc1)c1ccccc1. The number of hydrogen-bond donors (Lipinski definition) is 1. The van der Waals surface area contributed by atoms with E-state index < -0.39 is 32.7 Å². The van der Waals surface area contributed by atoms with E-state index in [1.165, 1.54) is 47.1 Å². The van der Waals surface area contributed by atoms with Crippen LogP contribution in [-0.2, 0) is 33.5 Å². The zero-order chi connectivity index (χ0) is 46.3. The highest BCUT2D eigenvalue weighted by atomic mass is 32.2. The van der Waals surface area contributed by atoms with Crippen LogP contribution in [0.4, 0.5) is 20.2 Å². The second-order valence-electron chi connectivity index (χ2n) is 17.0. The van der Waals surface area contributed by atoms with Gasteiger partial charge in [0.1, 0.15) is 0 Å². The van der Waals surface area contributed by atoms with Crippen molar-refractivity contribution in [2.45, 2.75) is 70.1 Å². The van der Waals surface area contributed by atoms with E-state index >= 15 is 0 Å². The van der Waals surface area contributed by atoms with Crippen LogP contribution in [-0.4, -0.2) is 122 Å². The Morgan fingerprint density at radius 1 is 0.621 bits per heavy atom. The molecule has 352 valence electrons. The van der Waals surface area contributed by atoms with Crippen molar-refractivity contribution < 1.29 is 34.8 Å². The summed E-state index contributed by atoms with van der Waals surface area (Å²) in [5.41, 5.74) is 9.21. The van der Waals surface area contributed by atoms with E-state index in [9.17, 15) is 30.4 Å². The van der Waals surface area contributed by atoms with Gasteiger partial charge in [0.05, 0.1) is 31.0 Å². The highest BCUT2D eigenvalue weighted by molar-refractivity contribution is 7.90. The predicted octanol–water partition coefficient (Wildman–Crippen LogP) is 6.35. The number of piperazine rings is 2. The van der Waals surface area contributed by atoms with Crippen molar-refractivity contribution in [3.63, 3.8) is 0 Å². The number of anilines is 2. The molecule has 0 unspecified atom stereocenters. The minimum atomic E-state index is -3.77. The second-order valence-corrected chi connectivity index (χ2v) is 20.7. The Bertz CT molecular complexity index is 2570. The van der Waals surface area contributed by atoms with Crippen LogP contribution >= 0.6 is 0 Å². The van der Waals surface area contributed by atoms with Crippen LogP contribution in [0.2, 0.25) is 0 Å². The Morgan fingerprint density at radius 2 is 1.05 bits per heavy atom. The summed E-state index contributed by atoms with van der Waals surface area (Å²) in [5.74, 6) is -0.880. The van der Waals surface area contributed by atoms with Gasteiger partial charge >= 0.3 is 26.8 Å². The molecule has 66 heavy (non-hydrogen) atoms. The second kappa shape index (κ2) is 21.2. The standard InChI is InChI=1S/C24H27F2N5O3S.C23H30N4O3S/c25-22(26)24-28-27-23(34-24)19-11-9-18(10-12-19)17-31(21-5-2-1-3-6-21)35(32,33)30-15-13-29(14-16-30)20-7-4-8-20;24-17-23(28)20-11-9-19(10-12-20)18-27(22-5-2-1-3-6-22)31(29,30)26-15-13-25(14-16-26)21-7-4-8-21/h1-3,5-6,9-12,20,22H,4,7-8,13-17H2;1-3,5-6,9-12,21H,4,7-8,13-18,24H2. The first-order valence-electron chi connectivity index (χ1n) is 22.6. The minimum Gasteiger partial charge on any atom is -0.415 e. The first-order chi connectivity index (χ1) is 31.9. The van der Waals surface area contributed by atoms with E-state index in [2.05, 4.69) is 20.0 Å². The number of rotatable bonds is 16. The lowest BCUT2D eigenvalue weighted by Crippen LogP contribution is -2.56. The van der Waals surface area contributed by atoms with Crippen molar-refractivity contribution in [1.29, 1.82) is 0 Å². The molecule has 2 saturated carbocycles. The first kappa shape index (κ1) is 47.3. The monoisotopic (exact) mass is 945 g/mol. The summed E-state index contributed by atoms with van der Waals surface area (Å²) in [6.45, 7) is 5.27. The Hall–Kier alpha value is -5.15. The van der Waals surface area contributed by atoms with Crippen molar-refractivity contribution in [2.24, 2.45) is 5.73 Å². The van der Waals surface area contributed by atoms with Crippen LogP contribution in [0.15, 0.2) is 114 Å². The predicted molar refractivity (Wildman–Crippen MR) is 249 cm³/mol. The van der Waals surface area contributed by atoms with Gasteiger partial charge in [-0.05, 0) is 73.2 Å². The zero-order valence-electron chi connectivity index (χ0n) is 36.8. The third-order valence-electron chi connectivity index (χ3n) is 13.0. The lowest BCUT2D eigenvalue weighted by molar-refractivity contribution is 0.0888. The zero-order valence-corrected chi connectivity index (χ0v) is 38.5. The third-order valence-corrected chi connectivity index (χ3v) is 16.8. The van der Waals surface area contributed by atoms with Gasteiger partial charge in [0.15, 0.2) is 5.78 Å². The lowest BCUT2D eigenvalue weighted by Gasteiger charge is -2.43. The summed E-state index contributed by atoms with van der Waals surface area (Å²) < 4.78 is 91.3. The summed E-state index contributed by atoms with van der Waals surface area (Å²) in [6, 6.07) is 33.2. The van der Waals surface area contributed by atoms with Gasteiger partial charge in [-0.3, -0.25) is 23.2 Å². The molecule has 2 saturated heterocycles. The first-order valence-corrected chi connectivity index (χ1v) is 25.4. The Balaban J connectivity index is 0.000000181. The molecule has 0 atom stereocenters. The molecule has 0 bridgehead atoms. The van der Waals surface area contributed by atoms with E-state index in [0.29, 0.717) is 60.8 Å². The van der Waals surface area contributed by atoms with Crippen molar-refractivity contribution in [3.8, 4) is 11.5 Å². The van der Waals surface area contributed by atoms with E-state index in [1.54, 1.807) is 69.3 Å². The maximum Gasteiger partial charge on any atom is 0.314 e. The van der Waals surface area contributed by atoms with Crippen LogP contribution in [0.3, 0.4) is 0 Å². The van der Waals surface area contributed by atoms with Crippen LogP contribution in [0, 0.1) is 0 Å². The molecule has 15 nitrogen and oxygen atoms in total. The molecule has 2 aliphatic carbocycles. The number of halogens is 2. The molecule has 5 aromatic rings. The van der Waals surface area contributed by atoms with Gasteiger partial charge in [0.25, 0.3) is 5.89 Å². The fraction of sp³-hybridized carbons (Fsp3) is 0.426. The molecular weight excluding hydrogens is 889 g/mol. The molecule has 0 spiro atoms. The topological polar surface area (TPSA) is 170 Å². The Morgan fingerprint density at radius 3 is 1.41 bits per heavy atom. The molecule has 4 aromatic carbocycles. The number of nitrogens with zero attached hydrogens (tertiary/aromatic N) is 8. The van der Waals surface area contributed by atoms with E-state index in [0.717, 1.165) is 37.3 Å². The number of para-hydroxylation sites is 2. The van der Waals surface area contributed by atoms with Gasteiger partial charge in [-0.2, -0.15) is 34.2 Å². The maximum atomic E-state index is 13.7. The molecule has 19 heteroatoms. The number of carbonyl (C=O) groups excluding carboxylic acids is 1. The smallest absolute Gasteiger partial charge is 0.314 e. The average Bonchev–Trinajstić information content (AvgIpc) is 3.81. The van der Waals surface area contributed by atoms with Gasteiger partial charge in [-0.25, -0.2) is 0 Å². The number of benzene rings is 4. The normalized spacial score (nSPS) is 18.2. The van der Waals surface area contributed by atoms with Crippen molar-refractivity contribution in [2.75, 3.05) is 67.5 Å². The lowest BCUT2D eigenvalue weighted by atomic mass is 9.91. The summed E-state index contributed by atoms with van der Waals surface area (Å²) in [4.78, 5) is 16.6. The van der Waals surface area contributed by atoms with Crippen LogP contribution in [0.5, 0.6) is 0 Å². The molecule has 4 aliphatic rings. The van der Waals surface area contributed by atoms with E-state index in [-0.39, 0.29) is 31.3 Å². The molecule has 0 radical (unpaired) electrons. The van der Waals surface area contributed by atoms with E-state index in [4.69, 9.17) is 10.2 Å². The highest BCUT2D eigenvalue weighted by Gasteiger charge is 2.37. The summed E-state index contributed by atoms with van der Waals surface area (Å²) >= 11 is 0. The number of carbonyl (C=O) groups is 1. The Labute approximate surface area is 386 Å². The van der Waals surface area contributed by atoms with Crippen LogP contribution in [0.25, 0.3) is 11.5 Å². The summed E-state index contributed by atoms with van der Waals surface area (Å²) in [5, 5.41) is 7.01. The third kappa shape index (κ3) is 11.0. The van der Waals surface area contributed by atoms with Crippen LogP contribution < -0.4 is 14.3 Å². The number of nitrogens with two attached hydrogens (primary N) is 1. The maximum absolute atomic E-state index is 13.7. The van der Waals surface area contributed by atoms with Crippen molar-refractivity contribution >= 4 is 37.6 Å². The molecule has 2 aliphatic heterocycles. The number of Topliss-reactive ketones (excluding diaryl/α,β-unsaturated/α-hetero) is 1. The molecule has 4 fully saturated rings. The average molecular weight is 946 g/mol. The van der Waals surface area contributed by atoms with Crippen LogP contribution in [0.1, 0.15) is 72.3 Å². The molecule has 9 rings (SSSR count). The molecular formula is C47H57F2N9O6S2. The fourth-order valence-electron chi connectivity index (χ4n) is 8.62. The number of aromatic nitrogens is 2. The molecule has 0 amide bonds. The van der Waals surface area contributed by atoms with E-state index in [1.807, 2.05) is 48.5 Å². The molecule has 2 N–H and O–H groups in total. The summed E-state index contributed by atoms with van der Waals surface area (Å²) in [7, 11) is -7.46. The quantitative estimate of drug-likeness (QED) is 0.110. The number of ketones is 1. The Kier molecular flexibility index (Phi) is 15.2. The molecule has 3 heterocycles. The highest BCUT2D eigenvalue weighted by Crippen LogP contribution is 2.31. The fourth-order valence-corrected chi connectivity index (χ4v) is 11.8. The summed E-state index contributed by atoms with van der Waals surface area (Å²) in [6.07, 6.45) is 4.55. The van der Waals surface area contributed by atoms with Crippen molar-refractivity contribution in [1.82, 2.24) is 28.6 Å². The number of hydrogen-bond acceptors (Lipinski definition) is 11. The largest absolute Gasteiger partial charge is 0.415 e. The van der Waals surface area contributed by atoms with Gasteiger partial charge in [-0.15, -0.1) is 10.2 Å².